The Balaban J connectivity index is 1.68. The molecule has 1 heterocycles. The van der Waals surface area contributed by atoms with Crippen molar-refractivity contribution in [2.75, 3.05) is 31.5 Å². The van der Waals surface area contributed by atoms with Crippen LogP contribution in [0.25, 0.3) is 0 Å². The molecular weight excluding hydrogens is 602 g/mol. The number of ether oxygens (including phenoxy) is 1. The third kappa shape index (κ3) is 6.90. The molecule has 10 nitrogen and oxygen atoms in total. The third-order valence-electron chi connectivity index (χ3n) is 7.21. The summed E-state index contributed by atoms with van der Waals surface area (Å²) in [6.45, 7) is 5.21. The van der Waals surface area contributed by atoms with E-state index in [9.17, 15) is 26.7 Å². The summed E-state index contributed by atoms with van der Waals surface area (Å²) in [6, 6.07) is 16.0. The van der Waals surface area contributed by atoms with Crippen molar-refractivity contribution >= 4 is 43.2 Å². The predicted octanol–water partition coefficient (Wildman–Crippen LogP) is 3.99. The van der Waals surface area contributed by atoms with Gasteiger partial charge in [-0.1, -0.05) is 36.2 Å². The Hall–Kier alpha value is -3.16. The number of aliphatic hydroxyl groups excluding tert-OH is 1. The van der Waals surface area contributed by atoms with Crippen molar-refractivity contribution in [2.24, 2.45) is 5.92 Å². The molecule has 226 valence electrons. The zero-order valence-corrected chi connectivity index (χ0v) is 26.1. The molecule has 0 fully saturated rings. The van der Waals surface area contributed by atoms with Gasteiger partial charge in [0.1, 0.15) is 11.9 Å². The van der Waals surface area contributed by atoms with Gasteiger partial charge in [-0.25, -0.2) is 16.8 Å². The molecule has 0 aromatic heterocycles. The fourth-order valence-electron chi connectivity index (χ4n) is 4.57. The number of aliphatic hydroxyl groups is 1. The molecule has 13 heteroatoms. The van der Waals surface area contributed by atoms with E-state index in [1.54, 1.807) is 19.1 Å². The number of benzene rings is 3. The molecule has 0 radical (unpaired) electrons. The van der Waals surface area contributed by atoms with Crippen LogP contribution >= 0.6 is 11.6 Å². The van der Waals surface area contributed by atoms with E-state index in [-0.39, 0.29) is 52.4 Å². The molecule has 0 saturated heterocycles. The van der Waals surface area contributed by atoms with E-state index in [0.29, 0.717) is 5.02 Å². The Bertz CT molecular complexity index is 1650. The Labute approximate surface area is 252 Å². The number of sulfonamides is 2. The van der Waals surface area contributed by atoms with Crippen molar-refractivity contribution < 1.29 is 31.5 Å². The molecule has 3 atom stereocenters. The van der Waals surface area contributed by atoms with Crippen molar-refractivity contribution in [3.63, 3.8) is 0 Å². The van der Waals surface area contributed by atoms with Gasteiger partial charge in [-0.2, -0.15) is 4.31 Å². The van der Waals surface area contributed by atoms with Gasteiger partial charge in [-0.3, -0.25) is 9.52 Å². The van der Waals surface area contributed by atoms with Gasteiger partial charge in [0.2, 0.25) is 10.0 Å². The quantitative estimate of drug-likeness (QED) is 0.363. The van der Waals surface area contributed by atoms with Crippen LogP contribution in [-0.2, 0) is 20.0 Å². The number of amides is 1. The van der Waals surface area contributed by atoms with Crippen LogP contribution in [0.1, 0.15) is 29.8 Å². The smallest absolute Gasteiger partial charge is 0.261 e. The summed E-state index contributed by atoms with van der Waals surface area (Å²) in [7, 11) is -6.38. The van der Waals surface area contributed by atoms with Crippen LogP contribution in [-0.4, -0.2) is 75.9 Å². The van der Waals surface area contributed by atoms with Crippen molar-refractivity contribution in [3.05, 3.63) is 82.9 Å². The number of anilines is 1. The van der Waals surface area contributed by atoms with E-state index in [2.05, 4.69) is 4.72 Å². The monoisotopic (exact) mass is 635 g/mol. The van der Waals surface area contributed by atoms with Crippen LogP contribution in [0.4, 0.5) is 5.69 Å². The lowest BCUT2D eigenvalue weighted by Gasteiger charge is -2.38. The number of hydrogen-bond acceptors (Lipinski definition) is 7. The minimum Gasteiger partial charge on any atom is -0.488 e. The molecule has 4 rings (SSSR count). The highest BCUT2D eigenvalue weighted by molar-refractivity contribution is 7.92. The summed E-state index contributed by atoms with van der Waals surface area (Å²) < 4.78 is 62.5. The molecular formula is C29H34ClN3O7S2. The topological polar surface area (TPSA) is 133 Å². The Morgan fingerprint density at radius 2 is 1.67 bits per heavy atom. The molecule has 1 aliphatic rings. The predicted molar refractivity (Wildman–Crippen MR) is 161 cm³/mol. The molecule has 0 spiro atoms. The van der Waals surface area contributed by atoms with Crippen LogP contribution in [0.3, 0.4) is 0 Å². The maximum Gasteiger partial charge on any atom is 0.261 e. The summed E-state index contributed by atoms with van der Waals surface area (Å²) in [4.78, 5) is 15.3. The summed E-state index contributed by atoms with van der Waals surface area (Å²) in [5.74, 6) is -0.615. The standard InChI is InChI=1S/C29H34ClN3O7S2/c1-19-5-10-24(11-6-19)41(36,37)31-23-9-14-27-26(15-23)29(35)33(21(3)18-34)16-20(2)28(40-27)17-32(4)42(38,39)25-12-7-22(30)8-13-25/h5-15,20-21,28,31,34H,16-18H2,1-4H3/t20-,21-,28-/m0/s1. The fourth-order valence-corrected chi connectivity index (χ4v) is 6.93. The van der Waals surface area contributed by atoms with Crippen LogP contribution in [0.15, 0.2) is 76.5 Å². The Kier molecular flexibility index (Phi) is 9.53. The first-order valence-corrected chi connectivity index (χ1v) is 16.6. The van der Waals surface area contributed by atoms with Gasteiger partial charge < -0.3 is 14.7 Å². The van der Waals surface area contributed by atoms with Gasteiger partial charge in [-0.05, 0) is 68.4 Å². The lowest BCUT2D eigenvalue weighted by atomic mass is 9.99. The van der Waals surface area contributed by atoms with E-state index < -0.39 is 38.1 Å². The summed E-state index contributed by atoms with van der Waals surface area (Å²) >= 11 is 5.93. The van der Waals surface area contributed by atoms with E-state index in [1.165, 1.54) is 70.9 Å². The molecule has 0 aliphatic carbocycles. The second-order valence-electron chi connectivity index (χ2n) is 10.5. The van der Waals surface area contributed by atoms with Gasteiger partial charge >= 0.3 is 0 Å². The average molecular weight is 636 g/mol. The molecule has 3 aromatic carbocycles. The summed E-state index contributed by atoms with van der Waals surface area (Å²) in [5.41, 5.74) is 1.14. The minimum absolute atomic E-state index is 0.0388. The molecule has 0 saturated carbocycles. The number of fused-ring (bicyclic) bond motifs is 1. The summed E-state index contributed by atoms with van der Waals surface area (Å²) in [5, 5.41) is 10.3. The van der Waals surface area contributed by atoms with Gasteiger partial charge in [0, 0.05) is 30.2 Å². The van der Waals surface area contributed by atoms with Crippen LogP contribution in [0.5, 0.6) is 5.75 Å². The zero-order valence-electron chi connectivity index (χ0n) is 23.7. The highest BCUT2D eigenvalue weighted by Gasteiger charge is 2.35. The van der Waals surface area contributed by atoms with Gasteiger partial charge in [0.25, 0.3) is 15.9 Å². The van der Waals surface area contributed by atoms with Crippen molar-refractivity contribution in [2.45, 2.75) is 42.7 Å². The first kappa shape index (κ1) is 31.8. The third-order valence-corrected chi connectivity index (χ3v) is 10.7. The highest BCUT2D eigenvalue weighted by atomic mass is 35.5. The summed E-state index contributed by atoms with van der Waals surface area (Å²) in [6.07, 6.45) is -0.688. The number of aryl methyl sites for hydroxylation is 1. The Morgan fingerprint density at radius 1 is 1.05 bits per heavy atom. The average Bonchev–Trinajstić information content (AvgIpc) is 2.95. The minimum atomic E-state index is -3.94. The number of halogens is 1. The van der Waals surface area contributed by atoms with Gasteiger partial charge in [0.15, 0.2) is 0 Å². The van der Waals surface area contributed by atoms with Gasteiger partial charge in [0.05, 0.1) is 34.5 Å². The number of rotatable bonds is 9. The fraction of sp³-hybridized carbons (Fsp3) is 0.345. The van der Waals surface area contributed by atoms with Crippen molar-refractivity contribution in [3.8, 4) is 5.75 Å². The second-order valence-corrected chi connectivity index (χ2v) is 14.7. The van der Waals surface area contributed by atoms with Crippen molar-refractivity contribution in [1.29, 1.82) is 0 Å². The molecule has 42 heavy (non-hydrogen) atoms. The first-order valence-electron chi connectivity index (χ1n) is 13.3. The number of carbonyl (C=O) groups excluding carboxylic acids is 1. The molecule has 0 bridgehead atoms. The largest absolute Gasteiger partial charge is 0.488 e. The van der Waals surface area contributed by atoms with Crippen LogP contribution in [0.2, 0.25) is 5.02 Å². The number of carbonyl (C=O) groups is 1. The zero-order chi connectivity index (χ0) is 30.8. The Morgan fingerprint density at radius 3 is 2.29 bits per heavy atom. The SMILES string of the molecule is Cc1ccc(S(=O)(=O)Nc2ccc3c(c2)C(=O)N([C@@H](C)CO)C[C@H](C)[C@H](CN(C)S(=O)(=O)c2ccc(Cl)cc2)O3)cc1. The van der Waals surface area contributed by atoms with E-state index >= 15 is 0 Å². The van der Waals surface area contributed by atoms with Crippen molar-refractivity contribution in [1.82, 2.24) is 9.21 Å². The number of hydrogen-bond donors (Lipinski definition) is 2. The molecule has 1 amide bonds. The maximum absolute atomic E-state index is 13.7. The molecule has 0 unspecified atom stereocenters. The van der Waals surface area contributed by atoms with Crippen LogP contribution in [0, 0.1) is 12.8 Å². The lowest BCUT2D eigenvalue weighted by molar-refractivity contribution is 0.0387. The molecule has 1 aliphatic heterocycles. The maximum atomic E-state index is 13.7. The second kappa shape index (κ2) is 12.6. The first-order chi connectivity index (χ1) is 19.7. The van der Waals surface area contributed by atoms with E-state index in [4.69, 9.17) is 16.3 Å². The highest BCUT2D eigenvalue weighted by Crippen LogP contribution is 2.32. The molecule has 2 N–H and O–H groups in total. The van der Waals surface area contributed by atoms with Gasteiger partial charge in [-0.15, -0.1) is 0 Å². The number of nitrogens with one attached hydrogen (secondary N) is 1. The van der Waals surface area contributed by atoms with E-state index in [1.807, 2.05) is 13.8 Å². The van der Waals surface area contributed by atoms with Crippen LogP contribution < -0.4 is 9.46 Å². The normalized spacial score (nSPS) is 18.5. The molecule has 3 aromatic rings. The van der Waals surface area contributed by atoms with E-state index in [0.717, 1.165) is 5.56 Å². The lowest BCUT2D eigenvalue weighted by Crippen LogP contribution is -2.50. The number of nitrogens with zero attached hydrogens (tertiary/aromatic N) is 2. The number of likely N-dealkylation sites (N-methyl/N-ethyl adjacent to an activating group) is 1.